The van der Waals surface area contributed by atoms with Gasteiger partial charge in [-0.2, -0.15) is 22.0 Å². The highest BCUT2D eigenvalue weighted by Crippen LogP contribution is 2.31. The molecule has 0 saturated carbocycles. The summed E-state index contributed by atoms with van der Waals surface area (Å²) in [5, 5.41) is 2.42. The standard InChI is InChI=1S/C32H38F5N3O9S/c1-18(2)26(27(41)32(35,36)37)39-28(42)25-14-23(50(45,46)17-19-6-10-21(48-4)11-7-19)15-40(25)29(43)24(16-47-3)38-30(44)31(33,34)20-8-12-22(49-5)13-9-20/h6-13,18,23-26H,14-17H2,1-5H3,(H,38,44)(H,39,42)/t23-,24+,25+,26+/m1/s1. The number of methoxy groups -OCH3 is 3. The summed E-state index contributed by atoms with van der Waals surface area (Å²) >= 11 is 0. The van der Waals surface area contributed by atoms with Crippen LogP contribution >= 0.6 is 0 Å². The van der Waals surface area contributed by atoms with Crippen LogP contribution in [0.1, 0.15) is 31.4 Å². The van der Waals surface area contributed by atoms with E-state index in [-0.39, 0.29) is 5.75 Å². The van der Waals surface area contributed by atoms with Gasteiger partial charge in [0.15, 0.2) is 9.84 Å². The quantitative estimate of drug-likeness (QED) is 0.263. The summed E-state index contributed by atoms with van der Waals surface area (Å²) in [7, 11) is -0.389. The number of rotatable bonds is 15. The molecule has 2 N–H and O–H groups in total. The first-order valence-corrected chi connectivity index (χ1v) is 16.9. The second kappa shape index (κ2) is 16.1. The van der Waals surface area contributed by atoms with Crippen molar-refractivity contribution in [2.24, 2.45) is 5.92 Å². The minimum Gasteiger partial charge on any atom is -0.497 e. The van der Waals surface area contributed by atoms with Crippen molar-refractivity contribution >= 4 is 33.3 Å². The van der Waals surface area contributed by atoms with Gasteiger partial charge < -0.3 is 29.7 Å². The smallest absolute Gasteiger partial charge is 0.452 e. The van der Waals surface area contributed by atoms with E-state index in [1.54, 1.807) is 0 Å². The Labute approximate surface area is 285 Å². The van der Waals surface area contributed by atoms with E-state index in [1.165, 1.54) is 64.5 Å². The number of carbonyl (C=O) groups excluding carboxylic acids is 4. The molecule has 0 unspecified atom stereocenters. The number of hydrogen-bond donors (Lipinski definition) is 2. The van der Waals surface area contributed by atoms with Gasteiger partial charge in [-0.15, -0.1) is 0 Å². The fourth-order valence-electron chi connectivity index (χ4n) is 5.30. The summed E-state index contributed by atoms with van der Waals surface area (Å²) in [6.07, 6.45) is -5.95. The summed E-state index contributed by atoms with van der Waals surface area (Å²) in [5.74, 6) is -11.9. The molecule has 1 saturated heterocycles. The highest BCUT2D eigenvalue weighted by atomic mass is 32.2. The third kappa shape index (κ3) is 9.47. The van der Waals surface area contributed by atoms with Gasteiger partial charge in [-0.25, -0.2) is 8.42 Å². The van der Waals surface area contributed by atoms with Crippen LogP contribution < -0.4 is 20.1 Å². The predicted octanol–water partition coefficient (Wildman–Crippen LogP) is 2.78. The molecule has 0 radical (unpaired) electrons. The van der Waals surface area contributed by atoms with Crippen LogP contribution in [0.4, 0.5) is 22.0 Å². The molecular formula is C32H38F5N3O9S. The number of sulfone groups is 1. The van der Waals surface area contributed by atoms with Crippen molar-refractivity contribution in [2.75, 3.05) is 34.5 Å². The lowest BCUT2D eigenvalue weighted by atomic mass is 9.98. The number of ether oxygens (including phenoxy) is 3. The summed E-state index contributed by atoms with van der Waals surface area (Å²) in [6.45, 7) is 1.07. The number of halogens is 5. The second-order valence-corrected chi connectivity index (χ2v) is 14.2. The number of nitrogens with zero attached hydrogens (tertiary/aromatic N) is 1. The van der Waals surface area contributed by atoms with E-state index in [4.69, 9.17) is 14.2 Å². The van der Waals surface area contributed by atoms with Crippen molar-refractivity contribution in [3.05, 3.63) is 59.7 Å². The van der Waals surface area contributed by atoms with E-state index in [9.17, 15) is 40.8 Å². The van der Waals surface area contributed by atoms with Crippen LogP contribution in [0, 0.1) is 5.92 Å². The molecule has 12 nitrogen and oxygen atoms in total. The molecule has 3 rings (SSSR count). The van der Waals surface area contributed by atoms with Crippen LogP contribution in [0.15, 0.2) is 48.5 Å². The Bertz CT molecular complexity index is 1640. The topological polar surface area (TPSA) is 157 Å². The van der Waals surface area contributed by atoms with Crippen molar-refractivity contribution in [1.82, 2.24) is 15.5 Å². The third-order valence-electron chi connectivity index (χ3n) is 8.08. The number of carbonyl (C=O) groups is 4. The molecular weight excluding hydrogens is 697 g/mol. The van der Waals surface area contributed by atoms with Gasteiger partial charge in [-0.1, -0.05) is 26.0 Å². The maximum atomic E-state index is 15.2. The lowest BCUT2D eigenvalue weighted by Gasteiger charge is -2.30. The number of nitrogens with one attached hydrogen (secondary N) is 2. The second-order valence-electron chi connectivity index (χ2n) is 11.9. The van der Waals surface area contributed by atoms with Gasteiger partial charge in [0.2, 0.25) is 11.8 Å². The van der Waals surface area contributed by atoms with Crippen LogP contribution in [0.25, 0.3) is 0 Å². The Morgan fingerprint density at radius 3 is 1.90 bits per heavy atom. The first-order chi connectivity index (χ1) is 23.3. The first-order valence-electron chi connectivity index (χ1n) is 15.1. The van der Waals surface area contributed by atoms with E-state index in [2.05, 4.69) is 0 Å². The van der Waals surface area contributed by atoms with Gasteiger partial charge in [-0.05, 0) is 54.3 Å². The van der Waals surface area contributed by atoms with Crippen molar-refractivity contribution in [3.63, 3.8) is 0 Å². The maximum Gasteiger partial charge on any atom is 0.452 e. The van der Waals surface area contributed by atoms with E-state index in [1.807, 2.05) is 10.6 Å². The Hall–Kier alpha value is -4.32. The molecule has 1 aliphatic heterocycles. The molecule has 50 heavy (non-hydrogen) atoms. The molecule has 18 heteroatoms. The van der Waals surface area contributed by atoms with Crippen LogP contribution in [0.5, 0.6) is 11.5 Å². The van der Waals surface area contributed by atoms with E-state index in [0.717, 1.165) is 19.2 Å². The Kier molecular flexibility index (Phi) is 12.9. The first kappa shape index (κ1) is 40.1. The zero-order valence-corrected chi connectivity index (χ0v) is 28.6. The zero-order valence-electron chi connectivity index (χ0n) is 27.8. The minimum absolute atomic E-state index is 0.226. The SMILES string of the molecule is COC[C@H](NC(=O)C(F)(F)c1ccc(OC)cc1)C(=O)N1C[C@H](S(=O)(=O)Cc2ccc(OC)cc2)C[C@H]1C(=O)N[C@H](C(=O)C(F)(F)F)C(C)C. The number of likely N-dealkylation sites (tertiary alicyclic amines) is 1. The van der Waals surface area contributed by atoms with Crippen LogP contribution in [0.3, 0.4) is 0 Å². The van der Waals surface area contributed by atoms with Gasteiger partial charge in [0.25, 0.3) is 11.7 Å². The lowest BCUT2D eigenvalue weighted by molar-refractivity contribution is -0.175. The summed E-state index contributed by atoms with van der Waals surface area (Å²) < 4.78 is 113. The van der Waals surface area contributed by atoms with E-state index >= 15 is 8.78 Å². The largest absolute Gasteiger partial charge is 0.497 e. The molecule has 4 atom stereocenters. The number of ketones is 1. The zero-order chi connectivity index (χ0) is 37.6. The molecule has 1 heterocycles. The van der Waals surface area contributed by atoms with Crippen molar-refractivity contribution in [3.8, 4) is 11.5 Å². The minimum atomic E-state index is -5.33. The van der Waals surface area contributed by atoms with Gasteiger partial charge in [0.05, 0.1) is 37.9 Å². The monoisotopic (exact) mass is 735 g/mol. The molecule has 276 valence electrons. The fraction of sp³-hybridized carbons (Fsp3) is 0.500. The maximum absolute atomic E-state index is 15.2. The molecule has 2 aromatic carbocycles. The lowest BCUT2D eigenvalue weighted by Crippen LogP contribution is -2.58. The van der Waals surface area contributed by atoms with Gasteiger partial charge in [0.1, 0.15) is 23.6 Å². The van der Waals surface area contributed by atoms with Crippen molar-refractivity contribution in [2.45, 2.75) is 61.5 Å². The Balaban J connectivity index is 1.96. The normalized spacial score (nSPS) is 17.9. The number of Topliss-reactive ketones (excluding diaryl/α,β-unsaturated/α-hetero) is 1. The highest BCUT2D eigenvalue weighted by Gasteiger charge is 2.50. The molecule has 1 aliphatic rings. The van der Waals surface area contributed by atoms with Crippen LogP contribution in [0.2, 0.25) is 0 Å². The van der Waals surface area contributed by atoms with E-state index < -0.39 is 106 Å². The number of hydrogen-bond acceptors (Lipinski definition) is 9. The summed E-state index contributed by atoms with van der Waals surface area (Å²) in [6, 6.07) is 4.42. The van der Waals surface area contributed by atoms with Crippen molar-refractivity contribution < 1.29 is 63.8 Å². The van der Waals surface area contributed by atoms with E-state index in [0.29, 0.717) is 16.2 Å². The summed E-state index contributed by atoms with van der Waals surface area (Å²) in [4.78, 5) is 53.1. The van der Waals surface area contributed by atoms with Gasteiger partial charge in [0, 0.05) is 19.2 Å². The number of amides is 3. The average Bonchev–Trinajstić information content (AvgIpc) is 3.53. The molecule has 0 bridgehead atoms. The molecule has 0 spiro atoms. The molecule has 0 aromatic heterocycles. The predicted molar refractivity (Wildman–Crippen MR) is 168 cm³/mol. The molecule has 2 aromatic rings. The summed E-state index contributed by atoms with van der Waals surface area (Å²) in [5.41, 5.74) is -0.436. The Morgan fingerprint density at radius 1 is 0.880 bits per heavy atom. The Morgan fingerprint density at radius 2 is 1.42 bits per heavy atom. The highest BCUT2D eigenvalue weighted by molar-refractivity contribution is 7.91. The van der Waals surface area contributed by atoms with Gasteiger partial charge in [-0.3, -0.25) is 19.2 Å². The van der Waals surface area contributed by atoms with Gasteiger partial charge >= 0.3 is 12.1 Å². The number of alkyl halides is 5. The molecule has 0 aliphatic carbocycles. The third-order valence-corrected chi connectivity index (χ3v) is 10.2. The average molecular weight is 736 g/mol. The van der Waals surface area contributed by atoms with Crippen molar-refractivity contribution in [1.29, 1.82) is 0 Å². The molecule has 1 fully saturated rings. The van der Waals surface area contributed by atoms with Crippen LogP contribution in [-0.4, -0.2) is 101 Å². The molecule has 3 amide bonds. The fourth-order valence-corrected chi connectivity index (χ4v) is 7.06. The van der Waals surface area contributed by atoms with Crippen LogP contribution in [-0.2, 0) is 45.4 Å². The number of benzene rings is 2.